The molecule has 0 heterocycles. The normalized spacial score (nSPS) is 14.6. The molecule has 2 N–H and O–H groups in total. The van der Waals surface area contributed by atoms with Gasteiger partial charge in [0.15, 0.2) is 0 Å². The number of carbonyl (C=O) groups is 2. The van der Waals surface area contributed by atoms with Crippen LogP contribution >= 0.6 is 11.6 Å². The van der Waals surface area contributed by atoms with Crippen LogP contribution in [0.3, 0.4) is 0 Å². The van der Waals surface area contributed by atoms with E-state index in [1.54, 1.807) is 18.2 Å². The molecule has 0 aliphatic heterocycles. The minimum Gasteiger partial charge on any atom is -0.495 e. The fraction of sp³-hybridized carbons (Fsp3) is 0.375. The Kier molecular flexibility index (Phi) is 5.15. The number of anilines is 1. The van der Waals surface area contributed by atoms with Gasteiger partial charge in [0, 0.05) is 18.7 Å². The van der Waals surface area contributed by atoms with Crippen LogP contribution in [0.2, 0.25) is 5.02 Å². The molecule has 0 bridgehead atoms. The maximum Gasteiger partial charge on any atom is 0.240 e. The van der Waals surface area contributed by atoms with Crippen molar-refractivity contribution in [1.82, 2.24) is 5.32 Å². The molecule has 0 radical (unpaired) electrons. The first-order valence-electron chi connectivity index (χ1n) is 7.10. The summed E-state index contributed by atoms with van der Waals surface area (Å²) in [6, 6.07) is 3.12. The van der Waals surface area contributed by atoms with E-state index < -0.39 is 5.41 Å². The van der Waals surface area contributed by atoms with Crippen LogP contribution in [0.1, 0.15) is 12.8 Å². The van der Waals surface area contributed by atoms with E-state index in [9.17, 15) is 9.59 Å². The van der Waals surface area contributed by atoms with Gasteiger partial charge in [0.05, 0.1) is 24.9 Å². The summed E-state index contributed by atoms with van der Waals surface area (Å²) in [6.45, 7) is 3.86. The quantitative estimate of drug-likeness (QED) is 0.591. The molecule has 1 fully saturated rings. The first-order valence-corrected chi connectivity index (χ1v) is 7.48. The summed E-state index contributed by atoms with van der Waals surface area (Å²) in [4.78, 5) is 24.7. The Morgan fingerprint density at radius 2 is 1.91 bits per heavy atom. The number of carbonyl (C=O) groups excluding carboxylic acids is 2. The van der Waals surface area contributed by atoms with Crippen molar-refractivity contribution in [3.05, 3.63) is 29.8 Å². The maximum atomic E-state index is 12.5. The van der Waals surface area contributed by atoms with Crippen LogP contribution in [0.15, 0.2) is 24.8 Å². The molecule has 124 valence electrons. The van der Waals surface area contributed by atoms with Gasteiger partial charge in [0.1, 0.15) is 16.9 Å². The summed E-state index contributed by atoms with van der Waals surface area (Å²) in [7, 11) is 2.95. The van der Waals surface area contributed by atoms with Gasteiger partial charge >= 0.3 is 0 Å². The first kappa shape index (κ1) is 17.1. The number of ether oxygens (including phenoxy) is 2. The SMILES string of the molecule is C=CCNC(=O)C1(C(=O)Nc2cc(OC)c(Cl)cc2OC)CC1. The molecular formula is C16H19ClN2O4. The molecule has 7 heteroatoms. The fourth-order valence-corrected chi connectivity index (χ4v) is 2.45. The van der Waals surface area contributed by atoms with E-state index in [-0.39, 0.29) is 11.8 Å². The highest BCUT2D eigenvalue weighted by molar-refractivity contribution is 6.32. The fourth-order valence-electron chi connectivity index (χ4n) is 2.22. The van der Waals surface area contributed by atoms with Gasteiger partial charge in [-0.3, -0.25) is 9.59 Å². The molecule has 0 saturated heterocycles. The molecule has 1 aromatic rings. The van der Waals surface area contributed by atoms with Crippen LogP contribution in [0, 0.1) is 5.41 Å². The lowest BCUT2D eigenvalue weighted by atomic mass is 10.0. The Labute approximate surface area is 139 Å². The van der Waals surface area contributed by atoms with Crippen molar-refractivity contribution in [3.8, 4) is 11.5 Å². The third kappa shape index (κ3) is 3.42. The van der Waals surface area contributed by atoms with Gasteiger partial charge in [-0.2, -0.15) is 0 Å². The lowest BCUT2D eigenvalue weighted by Crippen LogP contribution is -2.40. The Morgan fingerprint density at radius 1 is 1.26 bits per heavy atom. The van der Waals surface area contributed by atoms with Crippen LogP contribution in [0.4, 0.5) is 5.69 Å². The summed E-state index contributed by atoms with van der Waals surface area (Å²) >= 11 is 6.04. The largest absolute Gasteiger partial charge is 0.495 e. The molecule has 1 aromatic carbocycles. The number of amides is 2. The molecule has 2 amide bonds. The number of methoxy groups -OCH3 is 2. The Morgan fingerprint density at radius 3 is 2.43 bits per heavy atom. The molecule has 2 rings (SSSR count). The third-order valence-corrected chi connectivity index (χ3v) is 4.04. The molecule has 23 heavy (non-hydrogen) atoms. The van der Waals surface area contributed by atoms with Crippen LogP contribution in [-0.4, -0.2) is 32.6 Å². The second kappa shape index (κ2) is 6.91. The molecular weight excluding hydrogens is 320 g/mol. The number of hydrogen-bond donors (Lipinski definition) is 2. The monoisotopic (exact) mass is 338 g/mol. The summed E-state index contributed by atoms with van der Waals surface area (Å²) in [5.41, 5.74) is -0.623. The zero-order valence-corrected chi connectivity index (χ0v) is 13.8. The van der Waals surface area contributed by atoms with Gasteiger partial charge in [-0.05, 0) is 12.8 Å². The van der Waals surface area contributed by atoms with Crippen LogP contribution in [-0.2, 0) is 9.59 Å². The summed E-state index contributed by atoms with van der Waals surface area (Å²) in [5, 5.41) is 5.77. The summed E-state index contributed by atoms with van der Waals surface area (Å²) < 4.78 is 10.4. The lowest BCUT2D eigenvalue weighted by Gasteiger charge is -2.17. The van der Waals surface area contributed by atoms with Crippen molar-refractivity contribution in [2.75, 3.05) is 26.1 Å². The average molecular weight is 339 g/mol. The van der Waals surface area contributed by atoms with E-state index >= 15 is 0 Å². The maximum absolute atomic E-state index is 12.5. The number of benzene rings is 1. The van der Waals surface area contributed by atoms with Gasteiger partial charge in [-0.15, -0.1) is 6.58 Å². The summed E-state index contributed by atoms with van der Waals surface area (Å²) in [5.74, 6) is 0.131. The van der Waals surface area contributed by atoms with Gasteiger partial charge in [-0.25, -0.2) is 0 Å². The van der Waals surface area contributed by atoms with Gasteiger partial charge in [0.2, 0.25) is 11.8 Å². The molecule has 1 saturated carbocycles. The molecule has 1 aliphatic carbocycles. The zero-order chi connectivity index (χ0) is 17.0. The highest BCUT2D eigenvalue weighted by Crippen LogP contribution is 2.47. The Hall–Kier alpha value is -2.21. The van der Waals surface area contributed by atoms with Crippen molar-refractivity contribution in [1.29, 1.82) is 0 Å². The van der Waals surface area contributed by atoms with Crippen molar-refractivity contribution in [3.63, 3.8) is 0 Å². The predicted octanol–water partition coefficient (Wildman–Crippen LogP) is 2.38. The Balaban J connectivity index is 2.20. The zero-order valence-electron chi connectivity index (χ0n) is 13.1. The molecule has 1 aliphatic rings. The number of halogens is 1. The summed E-state index contributed by atoms with van der Waals surface area (Å²) in [6.07, 6.45) is 2.59. The van der Waals surface area contributed by atoms with E-state index in [1.807, 2.05) is 0 Å². The number of rotatable bonds is 7. The van der Waals surface area contributed by atoms with Gasteiger partial charge in [0.25, 0.3) is 0 Å². The smallest absolute Gasteiger partial charge is 0.240 e. The number of hydrogen-bond acceptors (Lipinski definition) is 4. The van der Waals surface area contributed by atoms with Crippen molar-refractivity contribution < 1.29 is 19.1 Å². The molecule has 0 atom stereocenters. The van der Waals surface area contributed by atoms with Crippen LogP contribution < -0.4 is 20.1 Å². The second-order valence-electron chi connectivity index (χ2n) is 5.22. The Bertz CT molecular complexity index is 641. The molecule has 6 nitrogen and oxygen atoms in total. The van der Waals surface area contributed by atoms with Crippen molar-refractivity contribution in [2.45, 2.75) is 12.8 Å². The second-order valence-corrected chi connectivity index (χ2v) is 5.63. The van der Waals surface area contributed by atoms with Crippen LogP contribution in [0.25, 0.3) is 0 Å². The highest BCUT2D eigenvalue weighted by Gasteiger charge is 2.56. The first-order chi connectivity index (χ1) is 11.0. The lowest BCUT2D eigenvalue weighted by molar-refractivity contribution is -0.134. The van der Waals surface area contributed by atoms with Gasteiger partial charge < -0.3 is 20.1 Å². The molecule has 0 unspecified atom stereocenters. The van der Waals surface area contributed by atoms with Crippen molar-refractivity contribution in [2.24, 2.45) is 5.41 Å². The van der Waals surface area contributed by atoms with E-state index in [0.29, 0.717) is 41.6 Å². The standard InChI is InChI=1S/C16H19ClN2O4/c1-4-7-18-14(20)16(5-6-16)15(21)19-11-9-12(22-2)10(17)8-13(11)23-3/h4,8-9H,1,5-7H2,2-3H3,(H,18,20)(H,19,21). The van der Waals surface area contributed by atoms with Crippen molar-refractivity contribution >= 4 is 29.1 Å². The highest BCUT2D eigenvalue weighted by atomic mass is 35.5. The minimum absolute atomic E-state index is 0.296. The predicted molar refractivity (Wildman–Crippen MR) is 88.1 cm³/mol. The molecule has 0 spiro atoms. The van der Waals surface area contributed by atoms with E-state index in [0.717, 1.165) is 0 Å². The number of nitrogens with one attached hydrogen (secondary N) is 2. The van der Waals surface area contributed by atoms with E-state index in [4.69, 9.17) is 21.1 Å². The molecule has 0 aromatic heterocycles. The van der Waals surface area contributed by atoms with E-state index in [1.165, 1.54) is 14.2 Å². The van der Waals surface area contributed by atoms with Crippen LogP contribution in [0.5, 0.6) is 11.5 Å². The third-order valence-electron chi connectivity index (χ3n) is 3.75. The topological polar surface area (TPSA) is 76.7 Å². The van der Waals surface area contributed by atoms with Gasteiger partial charge in [-0.1, -0.05) is 17.7 Å². The van der Waals surface area contributed by atoms with E-state index in [2.05, 4.69) is 17.2 Å². The average Bonchev–Trinajstić information content (AvgIpc) is 3.35. The minimum atomic E-state index is -1.03.